The SMILES string of the molecule is O=C(NCc1ccc(F)cc1Cl)c1ccc(F)cc1Cl. The summed E-state index contributed by atoms with van der Waals surface area (Å²) in [6.07, 6.45) is 0. The molecule has 2 aromatic carbocycles. The molecule has 0 saturated carbocycles. The molecule has 0 radical (unpaired) electrons. The number of carbonyl (C=O) groups excluding carboxylic acids is 1. The molecule has 2 nitrogen and oxygen atoms in total. The Labute approximate surface area is 124 Å². The lowest BCUT2D eigenvalue weighted by molar-refractivity contribution is 0.0951. The minimum Gasteiger partial charge on any atom is -0.348 e. The van der Waals surface area contributed by atoms with Crippen molar-refractivity contribution in [2.45, 2.75) is 6.54 Å². The van der Waals surface area contributed by atoms with Crippen LogP contribution in [0.2, 0.25) is 10.0 Å². The summed E-state index contributed by atoms with van der Waals surface area (Å²) in [5, 5.41) is 2.82. The lowest BCUT2D eigenvalue weighted by Gasteiger charge is -2.08. The van der Waals surface area contributed by atoms with Crippen LogP contribution in [0.4, 0.5) is 8.78 Å². The molecule has 1 N–H and O–H groups in total. The third-order valence-electron chi connectivity index (χ3n) is 2.63. The Morgan fingerprint density at radius 2 is 1.60 bits per heavy atom. The molecule has 0 fully saturated rings. The highest BCUT2D eigenvalue weighted by Gasteiger charge is 2.11. The fourth-order valence-corrected chi connectivity index (χ4v) is 2.10. The van der Waals surface area contributed by atoms with E-state index in [0.717, 1.165) is 18.2 Å². The summed E-state index contributed by atoms with van der Waals surface area (Å²) in [6.45, 7) is 0.117. The molecule has 6 heteroatoms. The van der Waals surface area contributed by atoms with Crippen LogP contribution in [-0.4, -0.2) is 5.91 Å². The molecule has 0 aromatic heterocycles. The van der Waals surface area contributed by atoms with Gasteiger partial charge in [0.05, 0.1) is 10.6 Å². The maximum Gasteiger partial charge on any atom is 0.253 e. The van der Waals surface area contributed by atoms with Crippen molar-refractivity contribution in [2.75, 3.05) is 0 Å². The van der Waals surface area contributed by atoms with Crippen molar-refractivity contribution >= 4 is 29.1 Å². The van der Waals surface area contributed by atoms with Crippen LogP contribution < -0.4 is 5.32 Å². The smallest absolute Gasteiger partial charge is 0.253 e. The Kier molecular flexibility index (Phi) is 4.57. The number of rotatable bonds is 3. The van der Waals surface area contributed by atoms with E-state index in [9.17, 15) is 13.6 Å². The summed E-state index contributed by atoms with van der Waals surface area (Å²) in [5.41, 5.74) is 0.728. The summed E-state index contributed by atoms with van der Waals surface area (Å²) in [5.74, 6) is -1.44. The van der Waals surface area contributed by atoms with Crippen molar-refractivity contribution in [1.29, 1.82) is 0 Å². The molecule has 0 aliphatic heterocycles. The van der Waals surface area contributed by atoms with Crippen molar-refractivity contribution < 1.29 is 13.6 Å². The van der Waals surface area contributed by atoms with E-state index in [1.54, 1.807) is 0 Å². The predicted molar refractivity (Wildman–Crippen MR) is 74.0 cm³/mol. The molecule has 0 spiro atoms. The van der Waals surface area contributed by atoms with Gasteiger partial charge in [0.1, 0.15) is 11.6 Å². The maximum absolute atomic E-state index is 12.9. The Balaban J connectivity index is 2.08. The van der Waals surface area contributed by atoms with Gasteiger partial charge in [-0.2, -0.15) is 0 Å². The van der Waals surface area contributed by atoms with E-state index in [2.05, 4.69) is 5.32 Å². The van der Waals surface area contributed by atoms with Crippen LogP contribution >= 0.6 is 23.2 Å². The van der Waals surface area contributed by atoms with Gasteiger partial charge in [0.25, 0.3) is 5.91 Å². The monoisotopic (exact) mass is 315 g/mol. The fourth-order valence-electron chi connectivity index (χ4n) is 1.61. The second-order valence-corrected chi connectivity index (χ2v) is 4.86. The topological polar surface area (TPSA) is 29.1 Å². The van der Waals surface area contributed by atoms with Gasteiger partial charge >= 0.3 is 0 Å². The van der Waals surface area contributed by atoms with E-state index in [0.29, 0.717) is 5.56 Å². The van der Waals surface area contributed by atoms with Gasteiger partial charge in [-0.3, -0.25) is 4.79 Å². The summed E-state index contributed by atoms with van der Waals surface area (Å²) in [7, 11) is 0. The first kappa shape index (κ1) is 14.8. The zero-order chi connectivity index (χ0) is 14.7. The molecule has 0 aliphatic rings. The van der Waals surface area contributed by atoms with Gasteiger partial charge in [-0.1, -0.05) is 29.3 Å². The van der Waals surface area contributed by atoms with Crippen molar-refractivity contribution in [3.63, 3.8) is 0 Å². The number of nitrogens with one attached hydrogen (secondary N) is 1. The molecule has 0 bridgehead atoms. The lowest BCUT2D eigenvalue weighted by Crippen LogP contribution is -2.23. The number of amides is 1. The Hall–Kier alpha value is -1.65. The third kappa shape index (κ3) is 3.46. The van der Waals surface area contributed by atoms with Gasteiger partial charge in [-0.15, -0.1) is 0 Å². The molecule has 0 heterocycles. The van der Waals surface area contributed by atoms with Gasteiger partial charge < -0.3 is 5.32 Å². The van der Waals surface area contributed by atoms with Gasteiger partial charge in [-0.25, -0.2) is 8.78 Å². The van der Waals surface area contributed by atoms with E-state index < -0.39 is 17.5 Å². The molecular weight excluding hydrogens is 307 g/mol. The van der Waals surface area contributed by atoms with Crippen molar-refractivity contribution in [2.24, 2.45) is 0 Å². The fraction of sp³-hybridized carbons (Fsp3) is 0.0714. The van der Waals surface area contributed by atoms with E-state index in [1.165, 1.54) is 18.2 Å². The van der Waals surface area contributed by atoms with Gasteiger partial charge in [0.2, 0.25) is 0 Å². The minimum absolute atomic E-state index is 0.0210. The molecule has 20 heavy (non-hydrogen) atoms. The number of hydrogen-bond donors (Lipinski definition) is 1. The van der Waals surface area contributed by atoms with E-state index in [-0.39, 0.29) is 22.2 Å². The van der Waals surface area contributed by atoms with Gasteiger partial charge in [0.15, 0.2) is 0 Å². The highest BCUT2D eigenvalue weighted by Crippen LogP contribution is 2.19. The molecule has 0 saturated heterocycles. The highest BCUT2D eigenvalue weighted by molar-refractivity contribution is 6.33. The van der Waals surface area contributed by atoms with Crippen molar-refractivity contribution in [1.82, 2.24) is 5.32 Å². The average molecular weight is 316 g/mol. The first-order valence-corrected chi connectivity index (χ1v) is 6.40. The summed E-state index contributed by atoms with van der Waals surface area (Å²) in [6, 6.07) is 7.38. The Bertz CT molecular complexity index is 662. The Morgan fingerprint density at radius 3 is 2.20 bits per heavy atom. The van der Waals surface area contributed by atoms with Gasteiger partial charge in [0, 0.05) is 11.6 Å². The van der Waals surface area contributed by atoms with Crippen molar-refractivity contribution in [3.8, 4) is 0 Å². The first-order valence-electron chi connectivity index (χ1n) is 5.64. The summed E-state index contributed by atoms with van der Waals surface area (Å²) >= 11 is 11.6. The van der Waals surface area contributed by atoms with Crippen LogP contribution in [0.5, 0.6) is 0 Å². The number of carbonyl (C=O) groups is 1. The van der Waals surface area contributed by atoms with Gasteiger partial charge in [-0.05, 0) is 35.9 Å². The first-order chi connectivity index (χ1) is 9.47. The minimum atomic E-state index is -0.520. The van der Waals surface area contributed by atoms with Crippen molar-refractivity contribution in [3.05, 3.63) is 69.2 Å². The number of hydrogen-bond acceptors (Lipinski definition) is 1. The maximum atomic E-state index is 12.9. The normalized spacial score (nSPS) is 10.4. The second-order valence-electron chi connectivity index (χ2n) is 4.04. The quantitative estimate of drug-likeness (QED) is 0.903. The molecule has 104 valence electrons. The second kappa shape index (κ2) is 6.20. The standard InChI is InChI=1S/C14H9Cl2F2NO/c15-12-5-9(17)2-1-8(12)7-19-14(20)11-4-3-10(18)6-13(11)16/h1-6H,7H2,(H,19,20). The number of halogens is 4. The molecule has 0 atom stereocenters. The molecule has 2 rings (SSSR count). The molecular formula is C14H9Cl2F2NO. The third-order valence-corrected chi connectivity index (χ3v) is 3.29. The zero-order valence-corrected chi connectivity index (χ0v) is 11.6. The molecule has 0 aliphatic carbocycles. The molecule has 0 unspecified atom stereocenters. The lowest BCUT2D eigenvalue weighted by atomic mass is 10.2. The molecule has 2 aromatic rings. The van der Waals surface area contributed by atoms with Crippen LogP contribution in [0.1, 0.15) is 15.9 Å². The average Bonchev–Trinajstić information content (AvgIpc) is 2.37. The van der Waals surface area contributed by atoms with Crippen LogP contribution in [0.25, 0.3) is 0 Å². The van der Waals surface area contributed by atoms with Crippen LogP contribution in [0.3, 0.4) is 0 Å². The Morgan fingerprint density at radius 1 is 1.00 bits per heavy atom. The highest BCUT2D eigenvalue weighted by atomic mass is 35.5. The van der Waals surface area contributed by atoms with Crippen LogP contribution in [0, 0.1) is 11.6 Å². The van der Waals surface area contributed by atoms with E-state index in [4.69, 9.17) is 23.2 Å². The van der Waals surface area contributed by atoms with Crippen LogP contribution in [0.15, 0.2) is 36.4 Å². The zero-order valence-electron chi connectivity index (χ0n) is 10.1. The largest absolute Gasteiger partial charge is 0.348 e. The summed E-state index contributed by atoms with van der Waals surface area (Å²) in [4.78, 5) is 11.9. The van der Waals surface area contributed by atoms with Crippen LogP contribution in [-0.2, 0) is 6.54 Å². The molecule has 1 amide bonds. The van der Waals surface area contributed by atoms with E-state index in [1.807, 2.05) is 0 Å². The predicted octanol–water partition coefficient (Wildman–Crippen LogP) is 4.20. The summed E-state index contributed by atoms with van der Waals surface area (Å²) < 4.78 is 25.8. The number of benzene rings is 2. The van der Waals surface area contributed by atoms with E-state index >= 15 is 0 Å².